The van der Waals surface area contributed by atoms with Crippen LogP contribution in [0.2, 0.25) is 0 Å². The van der Waals surface area contributed by atoms with Gasteiger partial charge in [0.05, 0.1) is 21.3 Å². The van der Waals surface area contributed by atoms with Crippen molar-refractivity contribution in [2.24, 2.45) is 7.05 Å². The zero-order valence-electron chi connectivity index (χ0n) is 18.2. The van der Waals surface area contributed by atoms with Crippen LogP contribution in [0.25, 0.3) is 0 Å². The van der Waals surface area contributed by atoms with Crippen LogP contribution in [-0.4, -0.2) is 43.5 Å². The van der Waals surface area contributed by atoms with E-state index in [0.717, 1.165) is 17.0 Å². The van der Waals surface area contributed by atoms with Gasteiger partial charge in [-0.05, 0) is 41.8 Å². The fraction of sp³-hybridized carbons (Fsp3) is 0.304. The minimum absolute atomic E-state index is 0.281. The summed E-state index contributed by atoms with van der Waals surface area (Å²) in [5.74, 6) is 2.78. The number of benzene rings is 2. The second-order valence-electron chi connectivity index (χ2n) is 6.95. The van der Waals surface area contributed by atoms with Crippen molar-refractivity contribution in [1.29, 1.82) is 0 Å². The number of rotatable bonds is 9. The number of urea groups is 1. The highest BCUT2D eigenvalue weighted by molar-refractivity contribution is 5.75. The van der Waals surface area contributed by atoms with Gasteiger partial charge in [0.1, 0.15) is 17.6 Å². The molecule has 3 aromatic rings. The van der Waals surface area contributed by atoms with Crippen molar-refractivity contribution in [3.05, 3.63) is 71.8 Å². The molecular weight excluding hydrogens is 396 g/mol. The topological polar surface area (TPSA) is 86.6 Å². The molecule has 0 fully saturated rings. The molecule has 0 aliphatic heterocycles. The van der Waals surface area contributed by atoms with Gasteiger partial charge in [0.2, 0.25) is 0 Å². The molecule has 0 saturated carbocycles. The lowest BCUT2D eigenvalue weighted by atomic mass is 10.1. The largest absolute Gasteiger partial charge is 0.497 e. The van der Waals surface area contributed by atoms with Crippen LogP contribution in [0.1, 0.15) is 23.0 Å². The molecule has 1 aromatic heterocycles. The predicted molar refractivity (Wildman–Crippen MR) is 118 cm³/mol. The molecule has 2 N–H and O–H groups in total. The Kier molecular flexibility index (Phi) is 7.37. The number of amides is 2. The summed E-state index contributed by atoms with van der Waals surface area (Å²) >= 11 is 0. The van der Waals surface area contributed by atoms with Crippen molar-refractivity contribution in [2.75, 3.05) is 27.9 Å². The first kappa shape index (κ1) is 22.0. The summed E-state index contributed by atoms with van der Waals surface area (Å²) in [7, 11) is 6.71. The molecule has 0 radical (unpaired) electrons. The molecule has 1 unspecified atom stereocenters. The number of hydrogen-bond donors (Lipinski definition) is 2. The molecular formula is C23H28N4O4. The SMILES string of the molecule is COc1cccc(C(NC(=O)NCCc2ccc(OC)c(OC)c2)c2nccn2C)c1. The molecule has 0 aliphatic carbocycles. The van der Waals surface area contributed by atoms with Crippen LogP contribution in [0.3, 0.4) is 0 Å². The van der Waals surface area contributed by atoms with Crippen molar-refractivity contribution >= 4 is 6.03 Å². The number of carbonyl (C=O) groups excluding carboxylic acids is 1. The molecule has 2 amide bonds. The van der Waals surface area contributed by atoms with Crippen LogP contribution in [0.5, 0.6) is 17.2 Å². The van der Waals surface area contributed by atoms with Gasteiger partial charge in [0.25, 0.3) is 0 Å². The number of aryl methyl sites for hydroxylation is 1. The highest BCUT2D eigenvalue weighted by Gasteiger charge is 2.21. The Labute approximate surface area is 182 Å². The van der Waals surface area contributed by atoms with E-state index in [9.17, 15) is 4.79 Å². The summed E-state index contributed by atoms with van der Waals surface area (Å²) in [4.78, 5) is 17.1. The Morgan fingerprint density at radius 1 is 1.06 bits per heavy atom. The van der Waals surface area contributed by atoms with Gasteiger partial charge < -0.3 is 29.4 Å². The Balaban J connectivity index is 1.66. The summed E-state index contributed by atoms with van der Waals surface area (Å²) in [6, 6.07) is 12.6. The third kappa shape index (κ3) is 5.48. The van der Waals surface area contributed by atoms with Gasteiger partial charge in [-0.1, -0.05) is 18.2 Å². The van der Waals surface area contributed by atoms with Crippen LogP contribution in [0, 0.1) is 0 Å². The molecule has 0 saturated heterocycles. The molecule has 0 bridgehead atoms. The Hall–Kier alpha value is -3.68. The third-order valence-electron chi connectivity index (χ3n) is 4.97. The average molecular weight is 425 g/mol. The van der Waals surface area contributed by atoms with E-state index in [4.69, 9.17) is 14.2 Å². The number of carbonyl (C=O) groups is 1. The van der Waals surface area contributed by atoms with Gasteiger partial charge in [0.15, 0.2) is 11.5 Å². The summed E-state index contributed by atoms with van der Waals surface area (Å²) in [5, 5.41) is 5.94. The molecule has 164 valence electrons. The van der Waals surface area contributed by atoms with Crippen LogP contribution >= 0.6 is 0 Å². The van der Waals surface area contributed by atoms with Gasteiger partial charge in [-0.15, -0.1) is 0 Å². The van der Waals surface area contributed by atoms with E-state index < -0.39 is 6.04 Å². The maximum absolute atomic E-state index is 12.7. The zero-order valence-corrected chi connectivity index (χ0v) is 18.2. The van der Waals surface area contributed by atoms with Gasteiger partial charge in [-0.3, -0.25) is 0 Å². The lowest BCUT2D eigenvalue weighted by Gasteiger charge is -2.20. The monoisotopic (exact) mass is 424 g/mol. The minimum Gasteiger partial charge on any atom is -0.497 e. The van der Waals surface area contributed by atoms with Crippen molar-refractivity contribution < 1.29 is 19.0 Å². The highest BCUT2D eigenvalue weighted by Crippen LogP contribution is 2.27. The first-order valence-electron chi connectivity index (χ1n) is 9.92. The van der Waals surface area contributed by atoms with Gasteiger partial charge in [-0.25, -0.2) is 9.78 Å². The average Bonchev–Trinajstić information content (AvgIpc) is 3.22. The standard InChI is InChI=1S/C23H28N4O4/c1-27-13-12-24-22(27)21(17-6-5-7-18(15-17)29-2)26-23(28)25-11-10-16-8-9-19(30-3)20(14-16)31-4/h5-9,12-15,21H,10-11H2,1-4H3,(H2,25,26,28). The first-order chi connectivity index (χ1) is 15.0. The van der Waals surface area contributed by atoms with Crippen LogP contribution in [0.15, 0.2) is 54.9 Å². The van der Waals surface area contributed by atoms with E-state index in [1.54, 1.807) is 27.5 Å². The van der Waals surface area contributed by atoms with Gasteiger partial charge in [-0.2, -0.15) is 0 Å². The Morgan fingerprint density at radius 3 is 2.55 bits per heavy atom. The summed E-state index contributed by atoms with van der Waals surface area (Å²) < 4.78 is 17.8. The van der Waals surface area contributed by atoms with E-state index in [1.807, 2.05) is 60.3 Å². The molecule has 0 spiro atoms. The molecule has 3 rings (SSSR count). The number of nitrogens with one attached hydrogen (secondary N) is 2. The van der Waals surface area contributed by atoms with Crippen LogP contribution in [-0.2, 0) is 13.5 Å². The molecule has 0 aliphatic rings. The zero-order chi connectivity index (χ0) is 22.2. The third-order valence-corrected chi connectivity index (χ3v) is 4.97. The van der Waals surface area contributed by atoms with Crippen LogP contribution in [0.4, 0.5) is 4.79 Å². The van der Waals surface area contributed by atoms with E-state index >= 15 is 0 Å². The molecule has 31 heavy (non-hydrogen) atoms. The fourth-order valence-electron chi connectivity index (χ4n) is 3.31. The number of nitrogens with zero attached hydrogens (tertiary/aromatic N) is 2. The number of imidazole rings is 1. The van der Waals surface area contributed by atoms with E-state index in [0.29, 0.717) is 30.2 Å². The maximum atomic E-state index is 12.7. The summed E-state index contributed by atoms with van der Waals surface area (Å²) in [6.07, 6.45) is 4.21. The number of ether oxygens (including phenoxy) is 3. The fourth-order valence-corrected chi connectivity index (χ4v) is 3.31. The van der Waals surface area contributed by atoms with Crippen molar-refractivity contribution in [1.82, 2.24) is 20.2 Å². The minimum atomic E-state index is -0.420. The Bertz CT molecular complexity index is 1020. The maximum Gasteiger partial charge on any atom is 0.315 e. The lowest BCUT2D eigenvalue weighted by Crippen LogP contribution is -2.40. The summed E-state index contributed by atoms with van der Waals surface area (Å²) in [5.41, 5.74) is 1.91. The van der Waals surface area contributed by atoms with E-state index in [2.05, 4.69) is 15.6 Å². The highest BCUT2D eigenvalue weighted by atomic mass is 16.5. The molecule has 8 nitrogen and oxygen atoms in total. The molecule has 1 atom stereocenters. The lowest BCUT2D eigenvalue weighted by molar-refractivity contribution is 0.238. The van der Waals surface area contributed by atoms with Gasteiger partial charge >= 0.3 is 6.03 Å². The first-order valence-corrected chi connectivity index (χ1v) is 9.92. The second-order valence-corrected chi connectivity index (χ2v) is 6.95. The van der Waals surface area contributed by atoms with Crippen molar-refractivity contribution in [2.45, 2.75) is 12.5 Å². The van der Waals surface area contributed by atoms with Gasteiger partial charge in [0, 0.05) is 26.0 Å². The second kappa shape index (κ2) is 10.4. The Morgan fingerprint density at radius 2 is 1.87 bits per heavy atom. The molecule has 2 aromatic carbocycles. The summed E-state index contributed by atoms with van der Waals surface area (Å²) in [6.45, 7) is 0.465. The smallest absolute Gasteiger partial charge is 0.315 e. The number of methoxy groups -OCH3 is 3. The quantitative estimate of drug-likeness (QED) is 0.551. The number of hydrogen-bond acceptors (Lipinski definition) is 5. The molecule has 8 heteroatoms. The predicted octanol–water partition coefficient (Wildman–Crippen LogP) is 3.08. The van der Waals surface area contributed by atoms with E-state index in [1.165, 1.54) is 0 Å². The van der Waals surface area contributed by atoms with Crippen molar-refractivity contribution in [3.63, 3.8) is 0 Å². The normalized spacial score (nSPS) is 11.5. The molecule has 1 heterocycles. The number of aromatic nitrogens is 2. The van der Waals surface area contributed by atoms with E-state index in [-0.39, 0.29) is 6.03 Å². The van der Waals surface area contributed by atoms with Crippen LogP contribution < -0.4 is 24.8 Å². The van der Waals surface area contributed by atoms with Crippen molar-refractivity contribution in [3.8, 4) is 17.2 Å².